The Balaban J connectivity index is 2.04. The summed E-state index contributed by atoms with van der Waals surface area (Å²) in [5.41, 5.74) is 0. The molecule has 0 amide bonds. The van der Waals surface area contributed by atoms with Gasteiger partial charge in [-0.1, -0.05) is 38.8 Å². The third kappa shape index (κ3) is 7.06. The van der Waals surface area contributed by atoms with Crippen LogP contribution in [-0.4, -0.2) is 26.3 Å². The average molecular weight is 265 g/mol. The minimum Gasteiger partial charge on any atom is -0.493 e. The van der Waals surface area contributed by atoms with E-state index in [1.165, 1.54) is 19.3 Å². The van der Waals surface area contributed by atoms with E-state index in [2.05, 4.69) is 19.2 Å². The first-order chi connectivity index (χ1) is 9.24. The number of hydrogen-bond acceptors (Lipinski definition) is 3. The van der Waals surface area contributed by atoms with Crippen LogP contribution < -0.4 is 14.8 Å². The van der Waals surface area contributed by atoms with E-state index >= 15 is 0 Å². The van der Waals surface area contributed by atoms with Gasteiger partial charge in [0, 0.05) is 6.04 Å². The molecule has 0 saturated heterocycles. The molecule has 108 valence electrons. The molecule has 0 radical (unpaired) electrons. The van der Waals surface area contributed by atoms with E-state index in [-0.39, 0.29) is 0 Å². The fraction of sp³-hybridized carbons (Fsp3) is 0.625. The van der Waals surface area contributed by atoms with E-state index in [0.717, 1.165) is 31.1 Å². The van der Waals surface area contributed by atoms with Crippen molar-refractivity contribution < 1.29 is 9.47 Å². The maximum absolute atomic E-state index is 5.73. The van der Waals surface area contributed by atoms with Crippen LogP contribution in [0.1, 0.15) is 39.5 Å². The van der Waals surface area contributed by atoms with Crippen LogP contribution in [0.2, 0.25) is 0 Å². The molecule has 1 aromatic carbocycles. The van der Waals surface area contributed by atoms with Crippen LogP contribution in [0.25, 0.3) is 0 Å². The molecule has 1 N–H and O–H groups in total. The number of rotatable bonds is 10. The fourth-order valence-electron chi connectivity index (χ4n) is 1.89. The minimum atomic E-state index is 0.592. The molecule has 0 unspecified atom stereocenters. The average Bonchev–Trinajstić information content (AvgIpc) is 2.42. The highest BCUT2D eigenvalue weighted by Gasteiger charge is 2.01. The van der Waals surface area contributed by atoms with Gasteiger partial charge in [-0.15, -0.1) is 0 Å². The van der Waals surface area contributed by atoms with Crippen LogP contribution in [0, 0.1) is 0 Å². The fourth-order valence-corrected chi connectivity index (χ4v) is 1.89. The number of hydrogen-bond donors (Lipinski definition) is 1. The van der Waals surface area contributed by atoms with Gasteiger partial charge >= 0.3 is 0 Å². The van der Waals surface area contributed by atoms with E-state index in [0.29, 0.717) is 6.04 Å². The van der Waals surface area contributed by atoms with Crippen molar-refractivity contribution in [1.29, 1.82) is 0 Å². The summed E-state index contributed by atoms with van der Waals surface area (Å²) in [4.78, 5) is 0. The van der Waals surface area contributed by atoms with Crippen molar-refractivity contribution >= 4 is 0 Å². The molecule has 3 heteroatoms. The largest absolute Gasteiger partial charge is 0.493 e. The number of methoxy groups -OCH3 is 1. The highest BCUT2D eigenvalue weighted by atomic mass is 16.5. The van der Waals surface area contributed by atoms with Crippen molar-refractivity contribution in [1.82, 2.24) is 5.32 Å². The van der Waals surface area contributed by atoms with E-state index in [1.807, 2.05) is 24.3 Å². The zero-order valence-electron chi connectivity index (χ0n) is 12.4. The molecule has 0 fully saturated rings. The monoisotopic (exact) mass is 265 g/mol. The normalized spacial score (nSPS) is 10.7. The summed E-state index contributed by atoms with van der Waals surface area (Å²) in [6, 6.07) is 8.38. The summed E-state index contributed by atoms with van der Waals surface area (Å²) in [6.07, 6.45) is 4.82. The highest BCUT2D eigenvalue weighted by molar-refractivity contribution is 5.39. The van der Waals surface area contributed by atoms with E-state index in [1.54, 1.807) is 7.11 Å². The Morgan fingerprint density at radius 2 is 1.68 bits per heavy atom. The third-order valence-electron chi connectivity index (χ3n) is 2.95. The van der Waals surface area contributed by atoms with Gasteiger partial charge in [-0.25, -0.2) is 0 Å². The topological polar surface area (TPSA) is 30.5 Å². The van der Waals surface area contributed by atoms with Gasteiger partial charge in [0.25, 0.3) is 0 Å². The Hall–Kier alpha value is -1.22. The Labute approximate surface area is 117 Å². The number of nitrogens with one attached hydrogen (secondary N) is 1. The first-order valence-corrected chi connectivity index (χ1v) is 7.23. The molecular weight excluding hydrogens is 238 g/mol. The quantitative estimate of drug-likeness (QED) is 0.655. The lowest BCUT2D eigenvalue weighted by Gasteiger charge is -2.10. The molecule has 0 aliphatic carbocycles. The van der Waals surface area contributed by atoms with Crippen molar-refractivity contribution in [3.05, 3.63) is 24.3 Å². The standard InChI is InChI=1S/C16H27NO2/c1-14(2)17-12-8-4-5-9-13-19-16-11-7-6-10-15(16)18-3/h6-7,10-11,14,17H,4-5,8-9,12-13H2,1-3H3. The predicted molar refractivity (Wildman–Crippen MR) is 80.1 cm³/mol. The smallest absolute Gasteiger partial charge is 0.161 e. The van der Waals surface area contributed by atoms with Gasteiger partial charge in [-0.05, 0) is 31.5 Å². The maximum atomic E-state index is 5.73. The Morgan fingerprint density at radius 1 is 1.00 bits per heavy atom. The summed E-state index contributed by atoms with van der Waals surface area (Å²) in [7, 11) is 1.67. The van der Waals surface area contributed by atoms with Crippen molar-refractivity contribution in [2.45, 2.75) is 45.6 Å². The van der Waals surface area contributed by atoms with Crippen LogP contribution in [0.4, 0.5) is 0 Å². The Morgan fingerprint density at radius 3 is 2.37 bits per heavy atom. The summed E-state index contributed by atoms with van der Waals surface area (Å²) < 4.78 is 11.0. The number of unbranched alkanes of at least 4 members (excludes halogenated alkanes) is 3. The van der Waals surface area contributed by atoms with Crippen molar-refractivity contribution in [2.24, 2.45) is 0 Å². The summed E-state index contributed by atoms with van der Waals surface area (Å²) in [6.45, 7) is 6.24. The van der Waals surface area contributed by atoms with Gasteiger partial charge in [-0.2, -0.15) is 0 Å². The summed E-state index contributed by atoms with van der Waals surface area (Å²) >= 11 is 0. The lowest BCUT2D eigenvalue weighted by atomic mass is 10.2. The second-order valence-electron chi connectivity index (χ2n) is 5.02. The van der Waals surface area contributed by atoms with Crippen LogP contribution in [0.5, 0.6) is 11.5 Å². The molecule has 0 heterocycles. The molecule has 0 aliphatic rings. The molecule has 0 saturated carbocycles. The maximum Gasteiger partial charge on any atom is 0.161 e. The Bertz CT molecular complexity index is 339. The van der Waals surface area contributed by atoms with Crippen LogP contribution >= 0.6 is 0 Å². The van der Waals surface area contributed by atoms with Gasteiger partial charge in [-0.3, -0.25) is 0 Å². The molecule has 0 aliphatic heterocycles. The minimum absolute atomic E-state index is 0.592. The molecule has 0 atom stereocenters. The molecule has 1 aromatic rings. The van der Waals surface area contributed by atoms with E-state index in [9.17, 15) is 0 Å². The van der Waals surface area contributed by atoms with Crippen LogP contribution in [0.15, 0.2) is 24.3 Å². The van der Waals surface area contributed by atoms with Gasteiger partial charge in [0.1, 0.15) is 0 Å². The molecule has 3 nitrogen and oxygen atoms in total. The van der Waals surface area contributed by atoms with Gasteiger partial charge in [0.05, 0.1) is 13.7 Å². The zero-order chi connectivity index (χ0) is 13.9. The molecule has 0 aromatic heterocycles. The second-order valence-corrected chi connectivity index (χ2v) is 5.02. The van der Waals surface area contributed by atoms with Crippen LogP contribution in [-0.2, 0) is 0 Å². The predicted octanol–water partition coefficient (Wildman–Crippen LogP) is 3.63. The van der Waals surface area contributed by atoms with Gasteiger partial charge < -0.3 is 14.8 Å². The zero-order valence-corrected chi connectivity index (χ0v) is 12.4. The first kappa shape index (κ1) is 15.8. The molecule has 0 bridgehead atoms. The molecule has 1 rings (SSSR count). The van der Waals surface area contributed by atoms with Crippen molar-refractivity contribution in [3.63, 3.8) is 0 Å². The molecule has 0 spiro atoms. The number of para-hydroxylation sites is 2. The van der Waals surface area contributed by atoms with Crippen LogP contribution in [0.3, 0.4) is 0 Å². The molecular formula is C16H27NO2. The highest BCUT2D eigenvalue weighted by Crippen LogP contribution is 2.25. The lowest BCUT2D eigenvalue weighted by Crippen LogP contribution is -2.23. The van der Waals surface area contributed by atoms with Gasteiger partial charge in [0.15, 0.2) is 11.5 Å². The summed E-state index contributed by atoms with van der Waals surface area (Å²) in [5.74, 6) is 1.65. The van der Waals surface area contributed by atoms with Crippen molar-refractivity contribution in [3.8, 4) is 11.5 Å². The van der Waals surface area contributed by atoms with Gasteiger partial charge in [0.2, 0.25) is 0 Å². The van der Waals surface area contributed by atoms with E-state index in [4.69, 9.17) is 9.47 Å². The molecule has 19 heavy (non-hydrogen) atoms. The number of ether oxygens (including phenoxy) is 2. The third-order valence-corrected chi connectivity index (χ3v) is 2.95. The SMILES string of the molecule is COc1ccccc1OCCCCCCNC(C)C. The Kier molecular flexibility index (Phi) is 8.07. The second kappa shape index (κ2) is 9.68. The number of benzene rings is 1. The summed E-state index contributed by atoms with van der Waals surface area (Å²) in [5, 5.41) is 3.43. The van der Waals surface area contributed by atoms with Crippen molar-refractivity contribution in [2.75, 3.05) is 20.3 Å². The lowest BCUT2D eigenvalue weighted by molar-refractivity contribution is 0.284. The first-order valence-electron chi connectivity index (χ1n) is 7.23. The van der Waals surface area contributed by atoms with E-state index < -0.39 is 0 Å².